The fourth-order valence-electron chi connectivity index (χ4n) is 2.82. The molecule has 2 rings (SSSR count). The molecule has 0 amide bonds. The van der Waals surface area contributed by atoms with Crippen molar-refractivity contribution in [2.45, 2.75) is 71.9 Å². The van der Waals surface area contributed by atoms with Gasteiger partial charge in [0.05, 0.1) is 0 Å². The normalized spacial score (nSPS) is 21.4. The van der Waals surface area contributed by atoms with Crippen LogP contribution in [0.25, 0.3) is 0 Å². The van der Waals surface area contributed by atoms with Crippen LogP contribution in [0.3, 0.4) is 0 Å². The third kappa shape index (κ3) is 4.78. The second kappa shape index (κ2) is 7.36. The molecule has 0 radical (unpaired) electrons. The SMILES string of the molecule is CCOC(c1noc(CCC2CCCCN2)n1)C(C)(C)C. The van der Waals surface area contributed by atoms with Crippen LogP contribution in [0.1, 0.15) is 71.2 Å². The standard InChI is InChI=1S/C16H29N3O2/c1-5-20-14(16(2,3)4)15-18-13(21-19-15)10-9-12-8-6-7-11-17-12/h12,14,17H,5-11H2,1-4H3. The molecule has 5 nitrogen and oxygen atoms in total. The van der Waals surface area contributed by atoms with Crippen molar-refractivity contribution in [1.82, 2.24) is 15.5 Å². The Balaban J connectivity index is 1.93. The van der Waals surface area contributed by atoms with Crippen molar-refractivity contribution in [3.8, 4) is 0 Å². The smallest absolute Gasteiger partial charge is 0.226 e. The summed E-state index contributed by atoms with van der Waals surface area (Å²) >= 11 is 0. The maximum Gasteiger partial charge on any atom is 0.226 e. The van der Waals surface area contributed by atoms with Crippen LogP contribution in [-0.2, 0) is 11.2 Å². The zero-order valence-corrected chi connectivity index (χ0v) is 13.8. The summed E-state index contributed by atoms with van der Waals surface area (Å²) in [5, 5.41) is 7.68. The Morgan fingerprint density at radius 3 is 2.81 bits per heavy atom. The number of nitrogens with zero attached hydrogens (tertiary/aromatic N) is 2. The molecule has 2 heterocycles. The van der Waals surface area contributed by atoms with E-state index in [1.807, 2.05) is 6.92 Å². The van der Waals surface area contributed by atoms with Gasteiger partial charge in [0, 0.05) is 19.1 Å². The van der Waals surface area contributed by atoms with Crippen LogP contribution in [-0.4, -0.2) is 29.3 Å². The molecule has 1 N–H and O–H groups in total. The van der Waals surface area contributed by atoms with E-state index in [9.17, 15) is 0 Å². The number of rotatable bonds is 6. The fourth-order valence-corrected chi connectivity index (χ4v) is 2.82. The predicted octanol–water partition coefficient (Wildman–Crippen LogP) is 3.27. The monoisotopic (exact) mass is 295 g/mol. The van der Waals surface area contributed by atoms with E-state index < -0.39 is 0 Å². The quantitative estimate of drug-likeness (QED) is 0.872. The van der Waals surface area contributed by atoms with Gasteiger partial charge < -0.3 is 14.6 Å². The maximum absolute atomic E-state index is 5.80. The third-order valence-electron chi connectivity index (χ3n) is 3.96. The van der Waals surface area contributed by atoms with Crippen LogP contribution in [0.15, 0.2) is 4.52 Å². The number of ether oxygens (including phenoxy) is 1. The highest BCUT2D eigenvalue weighted by molar-refractivity contribution is 4.97. The lowest BCUT2D eigenvalue weighted by molar-refractivity contribution is -0.0203. The Kier molecular flexibility index (Phi) is 5.76. The molecule has 120 valence electrons. The van der Waals surface area contributed by atoms with E-state index in [-0.39, 0.29) is 11.5 Å². The second-order valence-corrected chi connectivity index (χ2v) is 6.93. The molecule has 2 unspecified atom stereocenters. The van der Waals surface area contributed by atoms with Gasteiger partial charge in [0.15, 0.2) is 0 Å². The first-order chi connectivity index (χ1) is 10.0. The predicted molar refractivity (Wildman–Crippen MR) is 82.1 cm³/mol. The minimum atomic E-state index is -0.118. The Hall–Kier alpha value is -0.940. The van der Waals surface area contributed by atoms with E-state index >= 15 is 0 Å². The Labute approximate surface area is 127 Å². The molecule has 1 aromatic rings. The fraction of sp³-hybridized carbons (Fsp3) is 0.875. The second-order valence-electron chi connectivity index (χ2n) is 6.93. The molecular formula is C16H29N3O2. The number of aromatic nitrogens is 2. The van der Waals surface area contributed by atoms with Gasteiger partial charge in [-0.3, -0.25) is 0 Å². The summed E-state index contributed by atoms with van der Waals surface area (Å²) in [6.45, 7) is 10.2. The Morgan fingerprint density at radius 2 is 2.19 bits per heavy atom. The van der Waals surface area contributed by atoms with Crippen molar-refractivity contribution in [1.29, 1.82) is 0 Å². The van der Waals surface area contributed by atoms with Gasteiger partial charge in [-0.05, 0) is 38.1 Å². The molecule has 0 bridgehead atoms. The summed E-state index contributed by atoms with van der Waals surface area (Å²) in [7, 11) is 0. The molecule has 1 saturated heterocycles. The largest absolute Gasteiger partial charge is 0.370 e. The van der Waals surface area contributed by atoms with Crippen LogP contribution >= 0.6 is 0 Å². The zero-order chi connectivity index (χ0) is 15.3. The third-order valence-corrected chi connectivity index (χ3v) is 3.96. The Morgan fingerprint density at radius 1 is 1.38 bits per heavy atom. The molecule has 1 aliphatic heterocycles. The lowest BCUT2D eigenvalue weighted by Crippen LogP contribution is -2.34. The van der Waals surface area contributed by atoms with Gasteiger partial charge in [-0.15, -0.1) is 0 Å². The van der Waals surface area contributed by atoms with Gasteiger partial charge in [0.25, 0.3) is 0 Å². The highest BCUT2D eigenvalue weighted by atomic mass is 16.5. The van der Waals surface area contributed by atoms with E-state index in [2.05, 4.69) is 36.2 Å². The maximum atomic E-state index is 5.80. The van der Waals surface area contributed by atoms with Gasteiger partial charge >= 0.3 is 0 Å². The van der Waals surface area contributed by atoms with Gasteiger partial charge in [0.2, 0.25) is 11.7 Å². The van der Waals surface area contributed by atoms with E-state index in [1.165, 1.54) is 19.3 Å². The first-order valence-corrected chi connectivity index (χ1v) is 8.18. The summed E-state index contributed by atoms with van der Waals surface area (Å²) < 4.78 is 11.2. The average molecular weight is 295 g/mol. The van der Waals surface area contributed by atoms with Crippen LogP contribution in [0, 0.1) is 5.41 Å². The molecule has 0 spiro atoms. The lowest BCUT2D eigenvalue weighted by Gasteiger charge is -2.27. The summed E-state index contributed by atoms with van der Waals surface area (Å²) in [5.74, 6) is 1.40. The van der Waals surface area contributed by atoms with Crippen LogP contribution in [0.5, 0.6) is 0 Å². The minimum absolute atomic E-state index is 0.0396. The number of hydrogen-bond acceptors (Lipinski definition) is 5. The molecule has 2 atom stereocenters. The first-order valence-electron chi connectivity index (χ1n) is 8.18. The number of hydrogen-bond donors (Lipinski definition) is 1. The van der Waals surface area contributed by atoms with Crippen molar-refractivity contribution < 1.29 is 9.26 Å². The zero-order valence-electron chi connectivity index (χ0n) is 13.8. The van der Waals surface area contributed by atoms with Gasteiger partial charge in [-0.25, -0.2) is 0 Å². The molecule has 21 heavy (non-hydrogen) atoms. The van der Waals surface area contributed by atoms with Crippen molar-refractivity contribution in [2.24, 2.45) is 5.41 Å². The molecule has 0 aliphatic carbocycles. The first kappa shape index (κ1) is 16.4. The molecular weight excluding hydrogens is 266 g/mol. The van der Waals surface area contributed by atoms with Crippen LogP contribution in [0.2, 0.25) is 0 Å². The van der Waals surface area contributed by atoms with E-state index in [1.54, 1.807) is 0 Å². The van der Waals surface area contributed by atoms with E-state index in [4.69, 9.17) is 9.26 Å². The highest BCUT2D eigenvalue weighted by Crippen LogP contribution is 2.34. The molecule has 1 fully saturated rings. The molecule has 1 aliphatic rings. The number of aryl methyl sites for hydroxylation is 1. The van der Waals surface area contributed by atoms with Crippen molar-refractivity contribution in [3.63, 3.8) is 0 Å². The molecule has 0 saturated carbocycles. The van der Waals surface area contributed by atoms with Crippen molar-refractivity contribution in [2.75, 3.05) is 13.2 Å². The molecule has 0 aromatic carbocycles. The average Bonchev–Trinajstić information content (AvgIpc) is 2.91. The van der Waals surface area contributed by atoms with Gasteiger partial charge in [0.1, 0.15) is 6.10 Å². The lowest BCUT2D eigenvalue weighted by atomic mass is 9.88. The summed E-state index contributed by atoms with van der Waals surface area (Å²) in [6, 6.07) is 0.597. The summed E-state index contributed by atoms with van der Waals surface area (Å²) in [4.78, 5) is 4.55. The molecule has 1 aromatic heterocycles. The summed E-state index contributed by atoms with van der Waals surface area (Å²) in [6.07, 6.45) is 5.66. The topological polar surface area (TPSA) is 60.2 Å². The number of piperidine rings is 1. The van der Waals surface area contributed by atoms with E-state index in [0.29, 0.717) is 18.5 Å². The van der Waals surface area contributed by atoms with E-state index in [0.717, 1.165) is 25.3 Å². The minimum Gasteiger partial charge on any atom is -0.370 e. The van der Waals surface area contributed by atoms with Gasteiger partial charge in [-0.2, -0.15) is 4.98 Å². The Bertz CT molecular complexity index is 419. The van der Waals surface area contributed by atoms with Crippen LogP contribution in [0.4, 0.5) is 0 Å². The highest BCUT2D eigenvalue weighted by Gasteiger charge is 2.31. The van der Waals surface area contributed by atoms with Gasteiger partial charge in [-0.1, -0.05) is 32.3 Å². The summed E-state index contributed by atoms with van der Waals surface area (Å²) in [5.41, 5.74) is -0.0396. The van der Waals surface area contributed by atoms with Crippen LogP contribution < -0.4 is 5.32 Å². The van der Waals surface area contributed by atoms with Crippen molar-refractivity contribution in [3.05, 3.63) is 11.7 Å². The molecule has 5 heteroatoms. The number of nitrogens with one attached hydrogen (secondary N) is 1. The van der Waals surface area contributed by atoms with Crippen molar-refractivity contribution >= 4 is 0 Å².